The summed E-state index contributed by atoms with van der Waals surface area (Å²) in [4.78, 5) is 8.54. The number of aromatic nitrogens is 1. The van der Waals surface area contributed by atoms with Crippen LogP contribution in [-0.4, -0.2) is 36.1 Å². The molecule has 3 unspecified atom stereocenters. The van der Waals surface area contributed by atoms with Gasteiger partial charge >= 0.3 is 0 Å². The molecule has 0 bridgehead atoms. The molecule has 0 radical (unpaired) electrons. The number of thiazole rings is 1. The van der Waals surface area contributed by atoms with Crippen LogP contribution in [0.1, 0.15) is 30.3 Å². The smallest absolute Gasteiger partial charge is 0.0798 e. The molecule has 0 amide bonds. The highest BCUT2D eigenvalue weighted by atomic mass is 35.5. The average Bonchev–Trinajstić information content (AvgIpc) is 2.82. The third-order valence-corrected chi connectivity index (χ3v) is 5.58. The Labute approximate surface area is 132 Å². The summed E-state index contributed by atoms with van der Waals surface area (Å²) >= 11 is 1.82. The molecule has 2 aliphatic rings. The van der Waals surface area contributed by atoms with Gasteiger partial charge in [0.2, 0.25) is 0 Å². The van der Waals surface area contributed by atoms with Crippen molar-refractivity contribution in [1.29, 1.82) is 0 Å². The fraction of sp³-hybridized carbons (Fsp3) is 0.800. The van der Waals surface area contributed by atoms with E-state index in [2.05, 4.69) is 29.0 Å². The van der Waals surface area contributed by atoms with E-state index in [1.54, 1.807) is 0 Å². The lowest BCUT2D eigenvalue weighted by atomic mass is 10.1. The fourth-order valence-electron chi connectivity index (χ4n) is 3.11. The van der Waals surface area contributed by atoms with Gasteiger partial charge in [-0.15, -0.1) is 23.7 Å². The van der Waals surface area contributed by atoms with Gasteiger partial charge < -0.3 is 5.32 Å². The number of hydrogen-bond acceptors (Lipinski definition) is 4. The minimum atomic E-state index is 0. The van der Waals surface area contributed by atoms with Crippen molar-refractivity contribution in [2.45, 2.75) is 33.2 Å². The van der Waals surface area contributed by atoms with Crippen molar-refractivity contribution in [2.75, 3.05) is 26.2 Å². The first-order chi connectivity index (χ1) is 9.22. The van der Waals surface area contributed by atoms with Crippen LogP contribution >= 0.6 is 23.7 Å². The summed E-state index contributed by atoms with van der Waals surface area (Å²) in [7, 11) is 0. The molecule has 5 heteroatoms. The lowest BCUT2D eigenvalue weighted by Gasteiger charge is -2.25. The van der Waals surface area contributed by atoms with Crippen molar-refractivity contribution in [1.82, 2.24) is 15.2 Å². The van der Waals surface area contributed by atoms with Crippen molar-refractivity contribution >= 4 is 23.7 Å². The standard InChI is InChI=1S/C15H25N3S.ClH/c1-11-5-14(11)8-18(7-13-3-4-16-6-13)9-15-12(2)17-10-19-15;/h10-11,13-14,16H,3-9H2,1-2H3;1H. The van der Waals surface area contributed by atoms with Crippen molar-refractivity contribution in [2.24, 2.45) is 17.8 Å². The molecule has 114 valence electrons. The van der Waals surface area contributed by atoms with Gasteiger partial charge in [0, 0.05) is 24.5 Å². The molecule has 1 N–H and O–H groups in total. The highest BCUT2D eigenvalue weighted by Gasteiger charge is 2.34. The van der Waals surface area contributed by atoms with E-state index in [0.29, 0.717) is 0 Å². The van der Waals surface area contributed by atoms with E-state index >= 15 is 0 Å². The third kappa shape index (κ3) is 4.17. The van der Waals surface area contributed by atoms with Crippen LogP contribution in [0.5, 0.6) is 0 Å². The summed E-state index contributed by atoms with van der Waals surface area (Å²) in [6.07, 6.45) is 2.78. The lowest BCUT2D eigenvalue weighted by Crippen LogP contribution is -2.32. The second-order valence-corrected chi connectivity index (χ2v) is 7.33. The third-order valence-electron chi connectivity index (χ3n) is 4.66. The van der Waals surface area contributed by atoms with Crippen LogP contribution in [0, 0.1) is 24.7 Å². The maximum atomic E-state index is 4.39. The number of rotatable bonds is 6. The summed E-state index contributed by atoms with van der Waals surface area (Å²) in [6.45, 7) is 10.6. The second-order valence-electron chi connectivity index (χ2n) is 6.39. The Morgan fingerprint density at radius 3 is 2.80 bits per heavy atom. The molecule has 1 aliphatic heterocycles. The first-order valence-electron chi connectivity index (χ1n) is 7.54. The number of nitrogens with one attached hydrogen (secondary N) is 1. The number of halogens is 1. The summed E-state index contributed by atoms with van der Waals surface area (Å²) in [6, 6.07) is 0. The molecule has 3 rings (SSSR count). The highest BCUT2D eigenvalue weighted by Crippen LogP contribution is 2.38. The van der Waals surface area contributed by atoms with Crippen molar-refractivity contribution in [3.63, 3.8) is 0 Å². The Morgan fingerprint density at radius 1 is 1.45 bits per heavy atom. The lowest BCUT2D eigenvalue weighted by molar-refractivity contribution is 0.218. The monoisotopic (exact) mass is 315 g/mol. The fourth-order valence-corrected chi connectivity index (χ4v) is 3.92. The maximum absolute atomic E-state index is 4.39. The summed E-state index contributed by atoms with van der Waals surface area (Å²) < 4.78 is 0. The molecule has 1 saturated heterocycles. The number of aryl methyl sites for hydroxylation is 1. The minimum absolute atomic E-state index is 0. The molecule has 3 atom stereocenters. The number of hydrogen-bond donors (Lipinski definition) is 1. The minimum Gasteiger partial charge on any atom is -0.316 e. The SMILES string of the molecule is Cc1ncsc1CN(CC1CCNC1)CC1CC1C.Cl. The zero-order valence-corrected chi connectivity index (χ0v) is 14.1. The quantitative estimate of drug-likeness (QED) is 0.875. The normalized spacial score (nSPS) is 28.6. The van der Waals surface area contributed by atoms with Crippen LogP contribution in [0.3, 0.4) is 0 Å². The maximum Gasteiger partial charge on any atom is 0.0798 e. The topological polar surface area (TPSA) is 28.2 Å². The van der Waals surface area contributed by atoms with Crippen molar-refractivity contribution < 1.29 is 0 Å². The average molecular weight is 316 g/mol. The van der Waals surface area contributed by atoms with Crippen LogP contribution in [0.4, 0.5) is 0 Å². The van der Waals surface area contributed by atoms with E-state index in [0.717, 1.165) is 24.3 Å². The van der Waals surface area contributed by atoms with Gasteiger partial charge in [0.15, 0.2) is 0 Å². The summed E-state index contributed by atoms with van der Waals surface area (Å²) in [5, 5.41) is 3.49. The van der Waals surface area contributed by atoms with E-state index in [4.69, 9.17) is 0 Å². The molecule has 3 nitrogen and oxygen atoms in total. The molecule has 1 aromatic heterocycles. The molecular weight excluding hydrogens is 290 g/mol. The Balaban J connectivity index is 0.00000147. The van der Waals surface area contributed by atoms with Gasteiger partial charge in [0.25, 0.3) is 0 Å². The van der Waals surface area contributed by atoms with E-state index in [1.807, 2.05) is 16.8 Å². The zero-order valence-electron chi connectivity index (χ0n) is 12.5. The molecule has 0 aromatic carbocycles. The van der Waals surface area contributed by atoms with Gasteiger partial charge in [-0.1, -0.05) is 6.92 Å². The van der Waals surface area contributed by atoms with Gasteiger partial charge in [-0.25, -0.2) is 4.98 Å². The van der Waals surface area contributed by atoms with Crippen LogP contribution in [0.25, 0.3) is 0 Å². The van der Waals surface area contributed by atoms with Gasteiger partial charge in [0.1, 0.15) is 0 Å². The van der Waals surface area contributed by atoms with Crippen molar-refractivity contribution in [3.05, 3.63) is 16.1 Å². The first kappa shape index (κ1) is 16.2. The molecule has 1 aliphatic carbocycles. The van der Waals surface area contributed by atoms with Gasteiger partial charge in [-0.3, -0.25) is 4.90 Å². The van der Waals surface area contributed by atoms with Crippen LogP contribution in [0.2, 0.25) is 0 Å². The predicted octanol–water partition coefficient (Wildman–Crippen LogP) is 2.94. The van der Waals surface area contributed by atoms with Crippen LogP contribution in [0.15, 0.2) is 5.51 Å². The highest BCUT2D eigenvalue weighted by molar-refractivity contribution is 7.09. The second kappa shape index (κ2) is 7.21. The van der Waals surface area contributed by atoms with Gasteiger partial charge in [-0.05, 0) is 50.6 Å². The largest absolute Gasteiger partial charge is 0.316 e. The van der Waals surface area contributed by atoms with Crippen LogP contribution < -0.4 is 5.32 Å². The van der Waals surface area contributed by atoms with Crippen molar-refractivity contribution in [3.8, 4) is 0 Å². The molecular formula is C15H26ClN3S. The molecule has 1 saturated carbocycles. The number of nitrogens with zero attached hydrogens (tertiary/aromatic N) is 2. The zero-order chi connectivity index (χ0) is 13.2. The Morgan fingerprint density at radius 2 is 2.25 bits per heavy atom. The van der Waals surface area contributed by atoms with Crippen LogP contribution in [-0.2, 0) is 6.54 Å². The Kier molecular flexibility index (Phi) is 5.84. The molecule has 1 aromatic rings. The van der Waals surface area contributed by atoms with E-state index in [-0.39, 0.29) is 12.4 Å². The van der Waals surface area contributed by atoms with E-state index in [1.165, 1.54) is 49.6 Å². The van der Waals surface area contributed by atoms with Gasteiger partial charge in [0.05, 0.1) is 11.2 Å². The van der Waals surface area contributed by atoms with Gasteiger partial charge in [-0.2, -0.15) is 0 Å². The Hall–Kier alpha value is -0.160. The van der Waals surface area contributed by atoms with E-state index < -0.39 is 0 Å². The molecule has 2 fully saturated rings. The van der Waals surface area contributed by atoms with E-state index in [9.17, 15) is 0 Å². The summed E-state index contributed by atoms with van der Waals surface area (Å²) in [5.41, 5.74) is 3.21. The Bertz CT molecular complexity index is 417. The molecule has 20 heavy (non-hydrogen) atoms. The summed E-state index contributed by atoms with van der Waals surface area (Å²) in [5.74, 6) is 2.75. The molecule has 0 spiro atoms. The first-order valence-corrected chi connectivity index (χ1v) is 8.42. The predicted molar refractivity (Wildman–Crippen MR) is 87.6 cm³/mol. The molecule has 2 heterocycles.